The second-order valence-corrected chi connectivity index (χ2v) is 13.5. The number of carbonyl (C=O) groups excluding carboxylic acids is 3. The Kier molecular flexibility index (Phi) is 15.4. The molecule has 0 aliphatic carbocycles. The number of hydrogen-bond acceptors (Lipinski definition) is 7. The quantitative estimate of drug-likeness (QED) is 0.0571. The van der Waals surface area contributed by atoms with E-state index in [2.05, 4.69) is 6.92 Å². The second-order valence-electron chi connectivity index (χ2n) is 12.6. The van der Waals surface area contributed by atoms with Crippen molar-refractivity contribution in [2.24, 2.45) is 5.92 Å². The molecular weight excluding hydrogens is 687 g/mol. The molecule has 51 heavy (non-hydrogen) atoms. The van der Waals surface area contributed by atoms with Crippen LogP contribution in [0.15, 0.2) is 84.9 Å². The molecule has 0 aliphatic heterocycles. The normalized spacial score (nSPS) is 12.1. The Balaban J connectivity index is 1.30. The summed E-state index contributed by atoms with van der Waals surface area (Å²) in [6.45, 7) is 8.60. The summed E-state index contributed by atoms with van der Waals surface area (Å²) in [5.74, 6) is -0.565. The first-order chi connectivity index (χ1) is 24.6. The van der Waals surface area contributed by atoms with Crippen molar-refractivity contribution < 1.29 is 33.3 Å². The van der Waals surface area contributed by atoms with Crippen LogP contribution in [0.2, 0.25) is 10.0 Å². The van der Waals surface area contributed by atoms with Crippen molar-refractivity contribution in [2.45, 2.75) is 78.7 Å². The fourth-order valence-electron chi connectivity index (χ4n) is 5.14. The molecule has 0 aliphatic rings. The third-order valence-electron chi connectivity index (χ3n) is 8.55. The van der Waals surface area contributed by atoms with Crippen LogP contribution in [0.1, 0.15) is 93.4 Å². The van der Waals surface area contributed by atoms with Gasteiger partial charge in [-0.15, -0.1) is 0 Å². The van der Waals surface area contributed by atoms with Gasteiger partial charge in [-0.2, -0.15) is 0 Å². The van der Waals surface area contributed by atoms with E-state index >= 15 is 0 Å². The summed E-state index contributed by atoms with van der Waals surface area (Å²) >= 11 is 13.1. The van der Waals surface area contributed by atoms with Crippen molar-refractivity contribution in [1.82, 2.24) is 0 Å². The zero-order valence-electron chi connectivity index (χ0n) is 29.7. The molecular formula is C42H46Cl2O7. The number of ether oxygens (including phenoxy) is 4. The van der Waals surface area contributed by atoms with Crippen LogP contribution in [0.4, 0.5) is 0 Å². The van der Waals surface area contributed by atoms with E-state index < -0.39 is 24.0 Å². The first kappa shape index (κ1) is 39.5. The molecule has 4 aromatic rings. The van der Waals surface area contributed by atoms with E-state index in [0.29, 0.717) is 33.5 Å². The van der Waals surface area contributed by atoms with Crippen LogP contribution in [0.5, 0.6) is 11.5 Å². The van der Waals surface area contributed by atoms with Crippen LogP contribution in [0.25, 0.3) is 22.3 Å². The first-order valence-corrected chi connectivity index (χ1v) is 18.4. The zero-order chi connectivity index (χ0) is 36.8. The van der Waals surface area contributed by atoms with Gasteiger partial charge < -0.3 is 18.9 Å². The van der Waals surface area contributed by atoms with Gasteiger partial charge in [-0.1, -0.05) is 113 Å². The highest BCUT2D eigenvalue weighted by Gasteiger charge is 2.21. The number of unbranched alkanes of at least 4 members (excludes halogenated alkanes) is 5. The van der Waals surface area contributed by atoms with Gasteiger partial charge in [-0.3, -0.25) is 0 Å². The lowest BCUT2D eigenvalue weighted by molar-refractivity contribution is -0.154. The van der Waals surface area contributed by atoms with Gasteiger partial charge in [0.05, 0.1) is 34.4 Å². The van der Waals surface area contributed by atoms with Gasteiger partial charge in [0.2, 0.25) is 0 Å². The predicted octanol–water partition coefficient (Wildman–Crippen LogP) is 11.4. The van der Waals surface area contributed by atoms with Gasteiger partial charge in [0.15, 0.2) is 6.10 Å². The lowest BCUT2D eigenvalue weighted by Crippen LogP contribution is -2.27. The van der Waals surface area contributed by atoms with Crippen molar-refractivity contribution >= 4 is 41.1 Å². The average molecular weight is 734 g/mol. The van der Waals surface area contributed by atoms with Gasteiger partial charge in [0, 0.05) is 11.6 Å². The molecule has 0 radical (unpaired) electrons. The first-order valence-electron chi connectivity index (χ1n) is 17.6. The standard InChI is InChI=1S/C42H46Cl2O7/c1-5-7-8-9-10-11-24-48-39-23-20-34(25-38(39)44)30-12-16-33(17-13-30)42(47)51-35-21-22-36(37(43)26-35)31-14-18-32(19-15-31)41(46)50-29(4)40(45)49-27-28(3)6-2/h12-23,25-26,28-29H,5-11,24,27H2,1-4H3/t28-,29-/m0/s1. The number of esters is 3. The maximum Gasteiger partial charge on any atom is 0.347 e. The molecule has 9 heteroatoms. The summed E-state index contributed by atoms with van der Waals surface area (Å²) in [5.41, 5.74) is 3.89. The number of rotatable bonds is 18. The van der Waals surface area contributed by atoms with Gasteiger partial charge >= 0.3 is 17.9 Å². The maximum atomic E-state index is 12.9. The molecule has 0 saturated heterocycles. The second kappa shape index (κ2) is 19.9. The van der Waals surface area contributed by atoms with Crippen LogP contribution < -0.4 is 9.47 Å². The van der Waals surface area contributed by atoms with Gasteiger partial charge in [0.25, 0.3) is 0 Å². The fraction of sp³-hybridized carbons (Fsp3) is 0.357. The number of benzene rings is 4. The molecule has 270 valence electrons. The topological polar surface area (TPSA) is 88.1 Å². The lowest BCUT2D eigenvalue weighted by atomic mass is 10.0. The molecule has 4 aromatic carbocycles. The predicted molar refractivity (Wildman–Crippen MR) is 203 cm³/mol. The molecule has 4 rings (SSSR count). The third-order valence-corrected chi connectivity index (χ3v) is 9.15. The Morgan fingerprint density at radius 3 is 1.94 bits per heavy atom. The van der Waals surface area contributed by atoms with Gasteiger partial charge in [-0.25, -0.2) is 14.4 Å². The van der Waals surface area contributed by atoms with Crippen LogP contribution in [-0.2, 0) is 14.3 Å². The Morgan fingerprint density at radius 2 is 1.29 bits per heavy atom. The fourth-order valence-corrected chi connectivity index (χ4v) is 5.66. The lowest BCUT2D eigenvalue weighted by Gasteiger charge is -2.15. The number of carbonyl (C=O) groups is 3. The SMILES string of the molecule is CCCCCCCCOc1ccc(-c2ccc(C(=O)Oc3ccc(-c4ccc(C(=O)O[C@@H](C)C(=O)OC[C@@H](C)CC)cc4)c(Cl)c3)cc2)cc1Cl. The molecule has 2 atom stereocenters. The summed E-state index contributed by atoms with van der Waals surface area (Å²) < 4.78 is 22.0. The summed E-state index contributed by atoms with van der Waals surface area (Å²) in [5, 5.41) is 0.904. The highest BCUT2D eigenvalue weighted by atomic mass is 35.5. The van der Waals surface area contributed by atoms with Crippen molar-refractivity contribution in [3.63, 3.8) is 0 Å². The number of hydrogen-bond donors (Lipinski definition) is 0. The minimum Gasteiger partial charge on any atom is -0.492 e. The van der Waals surface area contributed by atoms with Crippen LogP contribution in [0, 0.1) is 5.92 Å². The summed E-state index contributed by atoms with van der Waals surface area (Å²) in [7, 11) is 0. The van der Waals surface area contributed by atoms with Gasteiger partial charge in [0.1, 0.15) is 11.5 Å². The van der Waals surface area contributed by atoms with E-state index in [1.165, 1.54) is 32.6 Å². The van der Waals surface area contributed by atoms with Crippen molar-refractivity contribution in [1.29, 1.82) is 0 Å². The van der Waals surface area contributed by atoms with E-state index in [1.54, 1.807) is 54.6 Å². The van der Waals surface area contributed by atoms with Gasteiger partial charge in [-0.05, 0) is 84.5 Å². The van der Waals surface area contributed by atoms with Crippen LogP contribution in [0.3, 0.4) is 0 Å². The molecule has 0 aromatic heterocycles. The van der Waals surface area contributed by atoms with Crippen molar-refractivity contribution in [3.8, 4) is 33.8 Å². The average Bonchev–Trinajstić information content (AvgIpc) is 3.14. The van der Waals surface area contributed by atoms with Crippen molar-refractivity contribution in [3.05, 3.63) is 106 Å². The monoisotopic (exact) mass is 732 g/mol. The van der Waals surface area contributed by atoms with Crippen LogP contribution >= 0.6 is 23.2 Å². The Hall–Kier alpha value is -4.33. The molecule has 0 unspecified atom stereocenters. The van der Waals surface area contributed by atoms with Crippen molar-refractivity contribution in [2.75, 3.05) is 13.2 Å². The van der Waals surface area contributed by atoms with E-state index in [1.807, 2.05) is 44.2 Å². The molecule has 0 heterocycles. The molecule has 0 N–H and O–H groups in total. The van der Waals surface area contributed by atoms with E-state index in [9.17, 15) is 14.4 Å². The molecule has 0 bridgehead atoms. The highest BCUT2D eigenvalue weighted by molar-refractivity contribution is 6.33. The van der Waals surface area contributed by atoms with E-state index in [4.69, 9.17) is 42.1 Å². The Morgan fingerprint density at radius 1 is 0.667 bits per heavy atom. The Bertz CT molecular complexity index is 1750. The third kappa shape index (κ3) is 11.9. The minimum atomic E-state index is -1.03. The molecule has 0 spiro atoms. The maximum absolute atomic E-state index is 12.9. The zero-order valence-corrected chi connectivity index (χ0v) is 31.2. The summed E-state index contributed by atoms with van der Waals surface area (Å²) in [4.78, 5) is 37.7. The molecule has 0 fully saturated rings. The molecule has 7 nitrogen and oxygen atoms in total. The smallest absolute Gasteiger partial charge is 0.347 e. The molecule has 0 saturated carbocycles. The Labute approximate surface area is 311 Å². The van der Waals surface area contributed by atoms with E-state index in [-0.39, 0.29) is 23.8 Å². The summed E-state index contributed by atoms with van der Waals surface area (Å²) in [6, 6.07) is 24.4. The highest BCUT2D eigenvalue weighted by Crippen LogP contribution is 2.33. The van der Waals surface area contributed by atoms with E-state index in [0.717, 1.165) is 36.0 Å². The number of halogens is 2. The molecule has 0 amide bonds. The van der Waals surface area contributed by atoms with Crippen LogP contribution in [-0.4, -0.2) is 37.2 Å². The minimum absolute atomic E-state index is 0.228. The summed E-state index contributed by atoms with van der Waals surface area (Å²) in [6.07, 6.45) is 7.02. The largest absolute Gasteiger partial charge is 0.492 e.